The van der Waals surface area contributed by atoms with Gasteiger partial charge in [0.25, 0.3) is 5.91 Å². The highest BCUT2D eigenvalue weighted by Crippen LogP contribution is 2.33. The molecule has 6 nitrogen and oxygen atoms in total. The largest absolute Gasteiger partial charge is 0.348 e. The Morgan fingerprint density at radius 1 is 1.11 bits per heavy atom. The lowest BCUT2D eigenvalue weighted by Gasteiger charge is -2.36. The van der Waals surface area contributed by atoms with Gasteiger partial charge >= 0.3 is 0 Å². The van der Waals surface area contributed by atoms with E-state index in [1.807, 2.05) is 65.1 Å². The highest BCUT2D eigenvalue weighted by Gasteiger charge is 2.33. The first-order chi connectivity index (χ1) is 13.2. The fourth-order valence-corrected chi connectivity index (χ4v) is 3.84. The summed E-state index contributed by atoms with van der Waals surface area (Å²) < 4.78 is 4.11. The molecule has 0 aliphatic carbocycles. The number of pyridine rings is 2. The summed E-state index contributed by atoms with van der Waals surface area (Å²) >= 11 is 0. The van der Waals surface area contributed by atoms with Gasteiger partial charge in [-0.25, -0.2) is 4.98 Å². The van der Waals surface area contributed by atoms with Gasteiger partial charge in [-0.1, -0.05) is 12.1 Å². The highest BCUT2D eigenvalue weighted by atomic mass is 16.2. The van der Waals surface area contributed by atoms with Crippen LogP contribution in [-0.2, 0) is 6.54 Å². The van der Waals surface area contributed by atoms with Gasteiger partial charge in [0.2, 0.25) is 0 Å². The molecular weight excluding hydrogens is 338 g/mol. The Balaban J connectivity index is 1.58. The smallest absolute Gasteiger partial charge is 0.274 e. The van der Waals surface area contributed by atoms with Crippen LogP contribution in [0.5, 0.6) is 0 Å². The molecule has 1 atom stereocenters. The molecule has 4 aromatic heterocycles. The van der Waals surface area contributed by atoms with Gasteiger partial charge in [-0.15, -0.1) is 0 Å². The zero-order valence-corrected chi connectivity index (χ0v) is 15.0. The monoisotopic (exact) mass is 357 g/mol. The van der Waals surface area contributed by atoms with Crippen LogP contribution in [0.3, 0.4) is 0 Å². The molecule has 134 valence electrons. The van der Waals surface area contributed by atoms with Crippen LogP contribution < -0.4 is 0 Å². The molecule has 0 radical (unpaired) electrons. The van der Waals surface area contributed by atoms with Gasteiger partial charge in [-0.05, 0) is 42.3 Å². The van der Waals surface area contributed by atoms with Crippen molar-refractivity contribution >= 4 is 11.6 Å². The third-order valence-electron chi connectivity index (χ3n) is 5.12. The van der Waals surface area contributed by atoms with Crippen LogP contribution in [0.2, 0.25) is 0 Å². The zero-order valence-electron chi connectivity index (χ0n) is 15.0. The lowest BCUT2D eigenvalue weighted by Crippen LogP contribution is -2.42. The van der Waals surface area contributed by atoms with Crippen LogP contribution >= 0.6 is 0 Å². The minimum absolute atomic E-state index is 0.0577. The van der Waals surface area contributed by atoms with Crippen molar-refractivity contribution in [2.24, 2.45) is 0 Å². The standard InChI is InChI=1S/C21H19N5O/c1-15-6-7-19-23-17(14-25(19)13-15)21(27)26-11-10-24-9-3-5-18(24)20(26)16-4-2-8-22-12-16/h2-9,12-14,20H,10-11H2,1H3/t20-/m0/s1. The predicted octanol–water partition coefficient (Wildman–Crippen LogP) is 3.08. The summed E-state index contributed by atoms with van der Waals surface area (Å²) in [6.45, 7) is 3.43. The third-order valence-corrected chi connectivity index (χ3v) is 5.12. The predicted molar refractivity (Wildman–Crippen MR) is 101 cm³/mol. The number of carbonyl (C=O) groups is 1. The molecule has 0 saturated heterocycles. The molecule has 1 aliphatic rings. The van der Waals surface area contributed by atoms with Crippen molar-refractivity contribution < 1.29 is 4.79 Å². The van der Waals surface area contributed by atoms with E-state index in [4.69, 9.17) is 0 Å². The van der Waals surface area contributed by atoms with Crippen LogP contribution in [0.15, 0.2) is 67.4 Å². The van der Waals surface area contributed by atoms with Crippen LogP contribution in [0, 0.1) is 6.92 Å². The summed E-state index contributed by atoms with van der Waals surface area (Å²) in [6, 6.07) is 11.8. The Hall–Kier alpha value is -3.41. The molecule has 1 aliphatic heterocycles. The Kier molecular flexibility index (Phi) is 3.57. The van der Waals surface area contributed by atoms with Crippen LogP contribution in [-0.4, -0.2) is 36.3 Å². The molecule has 4 aromatic rings. The van der Waals surface area contributed by atoms with Crippen molar-refractivity contribution in [1.82, 2.24) is 23.8 Å². The van der Waals surface area contributed by atoms with Crippen LogP contribution in [0.1, 0.15) is 33.4 Å². The van der Waals surface area contributed by atoms with E-state index in [0.29, 0.717) is 12.2 Å². The number of aromatic nitrogens is 4. The molecule has 0 spiro atoms. The number of fused-ring (bicyclic) bond motifs is 2. The van der Waals surface area contributed by atoms with Gasteiger partial charge in [0.1, 0.15) is 11.3 Å². The van der Waals surface area contributed by atoms with Gasteiger partial charge in [-0.2, -0.15) is 0 Å². The van der Waals surface area contributed by atoms with Crippen molar-refractivity contribution in [3.05, 3.63) is 89.9 Å². The molecule has 1 amide bonds. The molecule has 0 fully saturated rings. The molecule has 5 rings (SSSR count). The number of imidazole rings is 1. The Morgan fingerprint density at radius 3 is 2.89 bits per heavy atom. The van der Waals surface area contributed by atoms with Gasteiger partial charge in [0, 0.05) is 49.8 Å². The van der Waals surface area contributed by atoms with E-state index >= 15 is 0 Å². The van der Waals surface area contributed by atoms with Crippen LogP contribution in [0.4, 0.5) is 0 Å². The number of rotatable bonds is 2. The van der Waals surface area contributed by atoms with E-state index in [2.05, 4.69) is 26.8 Å². The number of nitrogens with zero attached hydrogens (tertiary/aromatic N) is 5. The first-order valence-electron chi connectivity index (χ1n) is 9.02. The van der Waals surface area contributed by atoms with Gasteiger partial charge < -0.3 is 13.9 Å². The lowest BCUT2D eigenvalue weighted by molar-refractivity contribution is 0.0658. The minimum Gasteiger partial charge on any atom is -0.348 e. The van der Waals surface area contributed by atoms with E-state index in [9.17, 15) is 4.79 Å². The van der Waals surface area contributed by atoms with E-state index < -0.39 is 0 Å². The minimum atomic E-state index is -0.165. The number of carbonyl (C=O) groups excluding carboxylic acids is 1. The molecule has 0 N–H and O–H groups in total. The maximum Gasteiger partial charge on any atom is 0.274 e. The zero-order chi connectivity index (χ0) is 18.4. The molecule has 0 saturated carbocycles. The van der Waals surface area contributed by atoms with Crippen molar-refractivity contribution in [2.75, 3.05) is 6.54 Å². The second-order valence-corrected chi connectivity index (χ2v) is 6.91. The number of hydrogen-bond acceptors (Lipinski definition) is 3. The van der Waals surface area contributed by atoms with Gasteiger partial charge in [-0.3, -0.25) is 9.78 Å². The Bertz CT molecular complexity index is 1130. The maximum absolute atomic E-state index is 13.4. The maximum atomic E-state index is 13.4. The Labute approximate surface area is 156 Å². The summed E-state index contributed by atoms with van der Waals surface area (Å²) in [6.07, 6.45) is 9.45. The topological polar surface area (TPSA) is 55.4 Å². The SMILES string of the molecule is Cc1ccc2nc(C(=O)N3CCn4cccc4[C@@H]3c3cccnc3)cn2c1. The highest BCUT2D eigenvalue weighted by molar-refractivity contribution is 5.93. The average Bonchev–Trinajstić information content (AvgIpc) is 3.33. The van der Waals surface area contributed by atoms with Crippen molar-refractivity contribution in [2.45, 2.75) is 19.5 Å². The lowest BCUT2D eigenvalue weighted by atomic mass is 10.0. The molecule has 0 bridgehead atoms. The summed E-state index contributed by atoms with van der Waals surface area (Å²) in [4.78, 5) is 24.1. The number of hydrogen-bond donors (Lipinski definition) is 0. The molecule has 6 heteroatoms. The molecular formula is C21H19N5O. The van der Waals surface area contributed by atoms with E-state index in [1.54, 1.807) is 6.20 Å². The van der Waals surface area contributed by atoms with Crippen molar-refractivity contribution in [1.29, 1.82) is 0 Å². The summed E-state index contributed by atoms with van der Waals surface area (Å²) in [5, 5.41) is 0. The third kappa shape index (κ3) is 2.61. The Morgan fingerprint density at radius 2 is 2.04 bits per heavy atom. The first kappa shape index (κ1) is 15.8. The molecule has 5 heterocycles. The normalized spacial score (nSPS) is 16.5. The second kappa shape index (κ2) is 6.09. The molecule has 27 heavy (non-hydrogen) atoms. The molecule has 0 aromatic carbocycles. The van der Waals surface area contributed by atoms with E-state index in [-0.39, 0.29) is 11.9 Å². The summed E-state index contributed by atoms with van der Waals surface area (Å²) in [7, 11) is 0. The first-order valence-corrected chi connectivity index (χ1v) is 9.02. The fraction of sp³-hybridized carbons (Fsp3) is 0.190. The van der Waals surface area contributed by atoms with E-state index in [1.165, 1.54) is 0 Å². The second-order valence-electron chi connectivity index (χ2n) is 6.91. The number of amides is 1. The van der Waals surface area contributed by atoms with Gasteiger partial charge in [0.05, 0.1) is 6.04 Å². The quantitative estimate of drug-likeness (QED) is 0.554. The average molecular weight is 357 g/mol. The number of aryl methyl sites for hydroxylation is 1. The van der Waals surface area contributed by atoms with Crippen molar-refractivity contribution in [3.63, 3.8) is 0 Å². The van der Waals surface area contributed by atoms with Crippen LogP contribution in [0.25, 0.3) is 5.65 Å². The summed E-state index contributed by atoms with van der Waals surface area (Å²) in [5.74, 6) is -0.0577. The van der Waals surface area contributed by atoms with Crippen molar-refractivity contribution in [3.8, 4) is 0 Å². The van der Waals surface area contributed by atoms with E-state index in [0.717, 1.165) is 29.0 Å². The van der Waals surface area contributed by atoms with Gasteiger partial charge in [0.15, 0.2) is 0 Å². The molecule has 0 unspecified atom stereocenters. The summed E-state index contributed by atoms with van der Waals surface area (Å²) in [5.41, 5.74) is 4.48. The fourth-order valence-electron chi connectivity index (χ4n) is 3.84.